The van der Waals surface area contributed by atoms with E-state index in [0.717, 1.165) is 49.9 Å². The maximum Gasteiger partial charge on any atom is 0.254 e. The number of carbonyl (C=O) groups excluding carboxylic acids is 2. The van der Waals surface area contributed by atoms with Crippen LogP contribution in [0.25, 0.3) is 5.57 Å². The summed E-state index contributed by atoms with van der Waals surface area (Å²) in [6.07, 6.45) is 4.16. The number of rotatable bonds is 6. The fraction of sp³-hybridized carbons (Fsp3) is 0.412. The maximum absolute atomic E-state index is 12.4. The van der Waals surface area contributed by atoms with Gasteiger partial charge in [0, 0.05) is 24.2 Å². The van der Waals surface area contributed by atoms with Crippen LogP contribution in [0.1, 0.15) is 47.7 Å². The summed E-state index contributed by atoms with van der Waals surface area (Å²) in [5, 5.41) is 0. The largest absolute Gasteiger partial charge is 0.366 e. The summed E-state index contributed by atoms with van der Waals surface area (Å²) in [6.45, 7) is 7.40. The molecule has 0 unspecified atom stereocenters. The van der Waals surface area contributed by atoms with Gasteiger partial charge in [0.15, 0.2) is 0 Å². The highest BCUT2D eigenvalue weighted by Crippen LogP contribution is 2.23. The van der Waals surface area contributed by atoms with Crippen molar-refractivity contribution in [2.75, 3.05) is 13.1 Å². The summed E-state index contributed by atoms with van der Waals surface area (Å²) in [7, 11) is 0. The molecule has 0 atom stereocenters. The van der Waals surface area contributed by atoms with E-state index in [0.29, 0.717) is 5.56 Å². The number of carbonyl (C=O) groups is 2. The summed E-state index contributed by atoms with van der Waals surface area (Å²) in [6, 6.07) is 5.40. The molecule has 2 rings (SSSR count). The zero-order chi connectivity index (χ0) is 15.4. The highest BCUT2D eigenvalue weighted by Gasteiger charge is 2.24. The zero-order valence-corrected chi connectivity index (χ0v) is 12.5. The molecule has 0 aromatic heterocycles. The number of nitrogens with two attached hydrogens (primary N) is 1. The summed E-state index contributed by atoms with van der Waals surface area (Å²) in [4.78, 5) is 25.5. The molecule has 1 aliphatic heterocycles. The minimum absolute atomic E-state index is 0.0867. The van der Waals surface area contributed by atoms with Gasteiger partial charge in [0.05, 0.1) is 0 Å². The van der Waals surface area contributed by atoms with E-state index in [1.807, 2.05) is 11.0 Å². The van der Waals surface area contributed by atoms with Crippen LogP contribution in [0.2, 0.25) is 0 Å². The van der Waals surface area contributed by atoms with E-state index in [1.165, 1.54) is 0 Å². The van der Waals surface area contributed by atoms with Gasteiger partial charge in [-0.3, -0.25) is 9.59 Å². The van der Waals surface area contributed by atoms with Crippen molar-refractivity contribution in [3.63, 3.8) is 0 Å². The molecule has 4 nitrogen and oxygen atoms in total. The molecule has 2 N–H and O–H groups in total. The summed E-state index contributed by atoms with van der Waals surface area (Å²) in [5.74, 6) is -0.443. The molecule has 0 aliphatic carbocycles. The van der Waals surface area contributed by atoms with E-state index in [4.69, 9.17) is 5.73 Å². The molecule has 21 heavy (non-hydrogen) atoms. The molecule has 4 heteroatoms. The van der Waals surface area contributed by atoms with Crippen molar-refractivity contribution in [1.82, 2.24) is 4.90 Å². The predicted molar refractivity (Wildman–Crippen MR) is 83.8 cm³/mol. The maximum atomic E-state index is 12.4. The van der Waals surface area contributed by atoms with E-state index in [1.54, 1.807) is 12.1 Å². The van der Waals surface area contributed by atoms with Crippen LogP contribution in [0.15, 0.2) is 24.8 Å². The van der Waals surface area contributed by atoms with Gasteiger partial charge in [0.1, 0.15) is 0 Å². The predicted octanol–water partition coefficient (Wildman–Crippen LogP) is 2.37. The van der Waals surface area contributed by atoms with E-state index in [9.17, 15) is 9.59 Å². The van der Waals surface area contributed by atoms with Crippen molar-refractivity contribution in [3.05, 3.63) is 41.5 Å². The molecule has 0 bridgehead atoms. The number of primary amides is 1. The Morgan fingerprint density at radius 3 is 2.81 bits per heavy atom. The number of fused-ring (bicyclic) bond motifs is 1. The van der Waals surface area contributed by atoms with Crippen molar-refractivity contribution in [2.24, 2.45) is 5.73 Å². The first-order valence-corrected chi connectivity index (χ1v) is 7.46. The van der Waals surface area contributed by atoms with Crippen molar-refractivity contribution in [1.29, 1.82) is 0 Å². The normalized spacial score (nSPS) is 14.0. The van der Waals surface area contributed by atoms with Gasteiger partial charge in [-0.2, -0.15) is 0 Å². The first-order chi connectivity index (χ1) is 10.0. The smallest absolute Gasteiger partial charge is 0.254 e. The van der Waals surface area contributed by atoms with Crippen molar-refractivity contribution in [2.45, 2.75) is 32.6 Å². The second-order valence-electron chi connectivity index (χ2n) is 5.46. The Kier molecular flexibility index (Phi) is 4.78. The van der Waals surface area contributed by atoms with E-state index in [2.05, 4.69) is 13.5 Å². The third kappa shape index (κ3) is 3.32. The molecule has 0 fully saturated rings. The lowest BCUT2D eigenvalue weighted by atomic mass is 9.94. The Morgan fingerprint density at radius 1 is 1.38 bits per heavy atom. The molecule has 0 radical (unpaired) electrons. The van der Waals surface area contributed by atoms with E-state index in [-0.39, 0.29) is 11.5 Å². The molecule has 112 valence electrons. The summed E-state index contributed by atoms with van der Waals surface area (Å²) < 4.78 is 0. The molecule has 1 heterocycles. The molecular weight excluding hydrogens is 264 g/mol. The minimum atomic E-state index is -0.529. The monoisotopic (exact) mass is 286 g/mol. The Hall–Kier alpha value is -2.10. The number of unbranched alkanes of at least 4 members (excludes halogenated alkanes) is 2. The van der Waals surface area contributed by atoms with Gasteiger partial charge in [-0.15, -0.1) is 0 Å². The molecule has 1 aliphatic rings. The molecule has 0 saturated carbocycles. The standard InChI is InChI=1S/C17H22N2O2/c1-3-4-5-9-19-10-8-14-11-13(12(2)16(18)20)6-7-15(14)17(19)21/h6-7,11H,2-5,8-10H2,1H3,(H2,18,20). The highest BCUT2D eigenvalue weighted by molar-refractivity contribution is 6.18. The van der Waals surface area contributed by atoms with Crippen LogP contribution in [-0.4, -0.2) is 29.8 Å². The van der Waals surface area contributed by atoms with E-state index >= 15 is 0 Å². The number of benzene rings is 1. The Labute approximate surface area is 125 Å². The van der Waals surface area contributed by atoms with Gasteiger partial charge in [-0.1, -0.05) is 38.5 Å². The van der Waals surface area contributed by atoms with Crippen molar-refractivity contribution < 1.29 is 9.59 Å². The Morgan fingerprint density at radius 2 is 2.14 bits per heavy atom. The first-order valence-electron chi connectivity index (χ1n) is 7.46. The minimum Gasteiger partial charge on any atom is -0.366 e. The molecule has 1 aromatic carbocycles. The number of amides is 2. The van der Waals surface area contributed by atoms with Gasteiger partial charge in [-0.05, 0) is 30.0 Å². The molecule has 2 amide bonds. The molecular formula is C17H22N2O2. The van der Waals surface area contributed by atoms with Gasteiger partial charge >= 0.3 is 0 Å². The van der Waals surface area contributed by atoms with Crippen molar-refractivity contribution >= 4 is 17.4 Å². The van der Waals surface area contributed by atoms with Gasteiger partial charge in [-0.25, -0.2) is 0 Å². The summed E-state index contributed by atoms with van der Waals surface area (Å²) in [5.41, 5.74) is 7.95. The molecule has 0 saturated heterocycles. The van der Waals surface area contributed by atoms with Gasteiger partial charge < -0.3 is 10.6 Å². The van der Waals surface area contributed by atoms with Crippen LogP contribution in [-0.2, 0) is 11.2 Å². The van der Waals surface area contributed by atoms with Crippen molar-refractivity contribution in [3.8, 4) is 0 Å². The number of hydrogen-bond donors (Lipinski definition) is 1. The van der Waals surface area contributed by atoms with Crippen LogP contribution in [0, 0.1) is 0 Å². The topological polar surface area (TPSA) is 63.4 Å². The molecule has 1 aromatic rings. The third-order valence-corrected chi connectivity index (χ3v) is 3.95. The molecule has 0 spiro atoms. The number of nitrogens with zero attached hydrogens (tertiary/aromatic N) is 1. The first kappa shape index (κ1) is 15.3. The van der Waals surface area contributed by atoms with Gasteiger partial charge in [0.2, 0.25) is 5.91 Å². The van der Waals surface area contributed by atoms with Crippen LogP contribution < -0.4 is 5.73 Å². The second kappa shape index (κ2) is 6.57. The fourth-order valence-corrected chi connectivity index (χ4v) is 2.63. The zero-order valence-electron chi connectivity index (χ0n) is 12.5. The Bertz CT molecular complexity index is 578. The Balaban J connectivity index is 2.16. The number of hydrogen-bond acceptors (Lipinski definition) is 2. The van der Waals surface area contributed by atoms with Crippen LogP contribution >= 0.6 is 0 Å². The van der Waals surface area contributed by atoms with Crippen LogP contribution in [0.4, 0.5) is 0 Å². The average molecular weight is 286 g/mol. The second-order valence-corrected chi connectivity index (χ2v) is 5.46. The van der Waals surface area contributed by atoms with E-state index < -0.39 is 5.91 Å². The summed E-state index contributed by atoms with van der Waals surface area (Å²) >= 11 is 0. The fourth-order valence-electron chi connectivity index (χ4n) is 2.63. The lowest BCUT2D eigenvalue weighted by molar-refractivity contribution is -0.112. The SMILES string of the molecule is C=C(C(N)=O)c1ccc2c(c1)CCN(CCCCC)C2=O. The average Bonchev–Trinajstić information content (AvgIpc) is 2.48. The van der Waals surface area contributed by atoms with Crippen LogP contribution in [0.3, 0.4) is 0 Å². The lowest BCUT2D eigenvalue weighted by Gasteiger charge is -2.29. The lowest BCUT2D eigenvalue weighted by Crippen LogP contribution is -2.38. The highest BCUT2D eigenvalue weighted by atomic mass is 16.2. The van der Waals surface area contributed by atoms with Gasteiger partial charge in [0.25, 0.3) is 5.91 Å². The van der Waals surface area contributed by atoms with Crippen LogP contribution in [0.5, 0.6) is 0 Å². The third-order valence-electron chi connectivity index (χ3n) is 3.95. The quantitative estimate of drug-likeness (QED) is 0.644.